The number of ether oxygens (including phenoxy) is 1. The Hall–Kier alpha value is -0.610. The molecular formula is C15H30N2O2. The number of hydrogen-bond acceptors (Lipinski definition) is 3. The lowest BCUT2D eigenvalue weighted by atomic mass is 9.82. The molecule has 0 aromatic rings. The Morgan fingerprint density at radius 1 is 1.16 bits per heavy atom. The Labute approximate surface area is 117 Å². The van der Waals surface area contributed by atoms with E-state index in [0.717, 1.165) is 39.3 Å². The lowest BCUT2D eigenvalue weighted by Crippen LogP contribution is -2.47. The van der Waals surface area contributed by atoms with Crippen LogP contribution in [0.25, 0.3) is 0 Å². The van der Waals surface area contributed by atoms with E-state index >= 15 is 0 Å². The number of hydrogen-bond donors (Lipinski definition) is 1. The lowest BCUT2D eigenvalue weighted by Gasteiger charge is -2.33. The van der Waals surface area contributed by atoms with Gasteiger partial charge in [0.05, 0.1) is 13.2 Å². The SMILES string of the molecule is CC(C)(C)CC(C)(C)NC(=O)CCN1CCOCC1. The maximum Gasteiger partial charge on any atom is 0.221 e. The highest BCUT2D eigenvalue weighted by molar-refractivity contribution is 5.76. The van der Waals surface area contributed by atoms with E-state index in [1.807, 2.05) is 0 Å². The van der Waals surface area contributed by atoms with Gasteiger partial charge in [-0.2, -0.15) is 0 Å². The minimum absolute atomic E-state index is 0.139. The first-order valence-electron chi connectivity index (χ1n) is 7.29. The highest BCUT2D eigenvalue weighted by atomic mass is 16.5. The second kappa shape index (κ2) is 6.71. The molecule has 0 saturated carbocycles. The number of carbonyl (C=O) groups is 1. The largest absolute Gasteiger partial charge is 0.379 e. The molecule has 0 radical (unpaired) electrons. The summed E-state index contributed by atoms with van der Waals surface area (Å²) < 4.78 is 5.30. The van der Waals surface area contributed by atoms with Gasteiger partial charge in [-0.15, -0.1) is 0 Å². The van der Waals surface area contributed by atoms with Crippen molar-refractivity contribution in [1.82, 2.24) is 10.2 Å². The summed E-state index contributed by atoms with van der Waals surface area (Å²) >= 11 is 0. The highest BCUT2D eigenvalue weighted by Gasteiger charge is 2.27. The fourth-order valence-corrected chi connectivity index (χ4v) is 2.89. The molecule has 19 heavy (non-hydrogen) atoms. The van der Waals surface area contributed by atoms with Gasteiger partial charge < -0.3 is 10.1 Å². The van der Waals surface area contributed by atoms with Crippen molar-refractivity contribution >= 4 is 5.91 Å². The number of carbonyl (C=O) groups excluding carboxylic acids is 1. The first-order chi connectivity index (χ1) is 8.68. The summed E-state index contributed by atoms with van der Waals surface area (Å²) in [7, 11) is 0. The Balaban J connectivity index is 2.29. The molecule has 1 heterocycles. The summed E-state index contributed by atoms with van der Waals surface area (Å²) in [6.07, 6.45) is 1.55. The molecule has 0 atom stereocenters. The van der Waals surface area contributed by atoms with E-state index in [4.69, 9.17) is 4.74 Å². The molecule has 0 aliphatic carbocycles. The number of rotatable bonds is 5. The number of morpholine rings is 1. The van der Waals surface area contributed by atoms with Crippen molar-refractivity contribution in [2.75, 3.05) is 32.8 Å². The molecule has 0 spiro atoms. The Morgan fingerprint density at radius 3 is 2.26 bits per heavy atom. The minimum atomic E-state index is -0.139. The first-order valence-corrected chi connectivity index (χ1v) is 7.29. The van der Waals surface area contributed by atoms with Crippen LogP contribution >= 0.6 is 0 Å². The molecule has 0 aromatic heterocycles. The third-order valence-corrected chi connectivity index (χ3v) is 3.21. The standard InChI is InChI=1S/C15H30N2O2/c1-14(2,3)12-15(4,5)16-13(18)6-7-17-8-10-19-11-9-17/h6-12H2,1-5H3,(H,16,18). The Bertz CT molecular complexity index is 289. The zero-order chi connectivity index (χ0) is 14.5. The number of nitrogens with one attached hydrogen (secondary N) is 1. The average molecular weight is 270 g/mol. The molecule has 0 bridgehead atoms. The first kappa shape index (κ1) is 16.4. The van der Waals surface area contributed by atoms with E-state index in [1.54, 1.807) is 0 Å². The van der Waals surface area contributed by atoms with Crippen LogP contribution in [0, 0.1) is 5.41 Å². The monoisotopic (exact) mass is 270 g/mol. The van der Waals surface area contributed by atoms with Crippen molar-refractivity contribution in [3.63, 3.8) is 0 Å². The second-order valence-electron chi connectivity index (χ2n) is 7.37. The molecule has 4 heteroatoms. The van der Waals surface area contributed by atoms with Crippen molar-refractivity contribution in [3.05, 3.63) is 0 Å². The van der Waals surface area contributed by atoms with E-state index < -0.39 is 0 Å². The molecular weight excluding hydrogens is 240 g/mol. The van der Waals surface area contributed by atoms with Gasteiger partial charge in [-0.05, 0) is 25.7 Å². The van der Waals surface area contributed by atoms with E-state index in [9.17, 15) is 4.79 Å². The van der Waals surface area contributed by atoms with Crippen LogP contribution in [0.1, 0.15) is 47.5 Å². The van der Waals surface area contributed by atoms with Crippen LogP contribution in [0.5, 0.6) is 0 Å². The van der Waals surface area contributed by atoms with Crippen LogP contribution in [-0.4, -0.2) is 49.2 Å². The zero-order valence-electron chi connectivity index (χ0n) is 13.2. The summed E-state index contributed by atoms with van der Waals surface area (Å²) in [6.45, 7) is 15.1. The fraction of sp³-hybridized carbons (Fsp3) is 0.933. The molecule has 1 fully saturated rings. The summed E-state index contributed by atoms with van der Waals surface area (Å²) in [4.78, 5) is 14.3. The van der Waals surface area contributed by atoms with E-state index in [-0.39, 0.29) is 16.9 Å². The summed E-state index contributed by atoms with van der Waals surface area (Å²) in [6, 6.07) is 0. The third-order valence-electron chi connectivity index (χ3n) is 3.21. The molecule has 1 amide bonds. The topological polar surface area (TPSA) is 41.6 Å². The molecule has 0 unspecified atom stereocenters. The normalized spacial score (nSPS) is 18.4. The lowest BCUT2D eigenvalue weighted by molar-refractivity contribution is -0.123. The average Bonchev–Trinajstić information content (AvgIpc) is 2.23. The molecule has 1 aliphatic rings. The Morgan fingerprint density at radius 2 is 1.74 bits per heavy atom. The molecule has 1 saturated heterocycles. The van der Waals surface area contributed by atoms with Crippen LogP contribution in [0.15, 0.2) is 0 Å². The van der Waals surface area contributed by atoms with E-state index in [0.29, 0.717) is 6.42 Å². The predicted molar refractivity (Wildman–Crippen MR) is 78.2 cm³/mol. The van der Waals surface area contributed by atoms with Gasteiger partial charge in [-0.25, -0.2) is 0 Å². The molecule has 4 nitrogen and oxygen atoms in total. The maximum atomic E-state index is 12.0. The third kappa shape index (κ3) is 7.53. The van der Waals surface area contributed by atoms with Gasteiger partial charge in [0.25, 0.3) is 0 Å². The van der Waals surface area contributed by atoms with Crippen LogP contribution in [0.4, 0.5) is 0 Å². The summed E-state index contributed by atoms with van der Waals surface area (Å²) in [5, 5.41) is 3.16. The molecule has 0 aromatic carbocycles. The van der Waals surface area contributed by atoms with Crippen molar-refractivity contribution in [3.8, 4) is 0 Å². The van der Waals surface area contributed by atoms with Crippen LogP contribution < -0.4 is 5.32 Å². The Kier molecular flexibility index (Phi) is 5.81. The quantitative estimate of drug-likeness (QED) is 0.831. The fourth-order valence-electron chi connectivity index (χ4n) is 2.89. The van der Waals surface area contributed by atoms with Gasteiger partial charge in [0.1, 0.15) is 0 Å². The van der Waals surface area contributed by atoms with Crippen molar-refractivity contribution in [1.29, 1.82) is 0 Å². The minimum Gasteiger partial charge on any atom is -0.379 e. The molecule has 1 N–H and O–H groups in total. The van der Waals surface area contributed by atoms with E-state index in [2.05, 4.69) is 44.8 Å². The van der Waals surface area contributed by atoms with Crippen LogP contribution in [0.3, 0.4) is 0 Å². The molecule has 1 aliphatic heterocycles. The van der Waals surface area contributed by atoms with E-state index in [1.165, 1.54) is 0 Å². The number of amides is 1. The van der Waals surface area contributed by atoms with Crippen LogP contribution in [-0.2, 0) is 9.53 Å². The van der Waals surface area contributed by atoms with Gasteiger partial charge in [0.15, 0.2) is 0 Å². The summed E-state index contributed by atoms with van der Waals surface area (Å²) in [5.41, 5.74) is 0.0847. The van der Waals surface area contributed by atoms with Gasteiger partial charge >= 0.3 is 0 Å². The maximum absolute atomic E-state index is 12.0. The molecule has 112 valence electrons. The molecule has 1 rings (SSSR count). The van der Waals surface area contributed by atoms with Gasteiger partial charge in [0, 0.05) is 31.6 Å². The zero-order valence-corrected chi connectivity index (χ0v) is 13.2. The van der Waals surface area contributed by atoms with Crippen molar-refractivity contribution < 1.29 is 9.53 Å². The van der Waals surface area contributed by atoms with Gasteiger partial charge in [-0.3, -0.25) is 9.69 Å². The smallest absolute Gasteiger partial charge is 0.221 e. The highest BCUT2D eigenvalue weighted by Crippen LogP contribution is 2.26. The van der Waals surface area contributed by atoms with Crippen molar-refractivity contribution in [2.45, 2.75) is 53.0 Å². The van der Waals surface area contributed by atoms with Crippen molar-refractivity contribution in [2.24, 2.45) is 5.41 Å². The van der Waals surface area contributed by atoms with Gasteiger partial charge in [-0.1, -0.05) is 20.8 Å². The second-order valence-corrected chi connectivity index (χ2v) is 7.37. The van der Waals surface area contributed by atoms with Crippen LogP contribution in [0.2, 0.25) is 0 Å². The van der Waals surface area contributed by atoms with Gasteiger partial charge in [0.2, 0.25) is 5.91 Å². The predicted octanol–water partition coefficient (Wildman–Crippen LogP) is 2.04. The summed E-state index contributed by atoms with van der Waals surface area (Å²) in [5.74, 6) is 0.153. The number of nitrogens with zero attached hydrogens (tertiary/aromatic N) is 1.